The van der Waals surface area contributed by atoms with Crippen LogP contribution in [-0.4, -0.2) is 27.0 Å². The van der Waals surface area contributed by atoms with Gasteiger partial charge in [-0.2, -0.15) is 0 Å². The van der Waals surface area contributed by atoms with E-state index in [0.717, 1.165) is 11.1 Å². The number of carbonyl (C=O) groups is 2. The fraction of sp³-hybridized carbons (Fsp3) is 0.214. The van der Waals surface area contributed by atoms with Crippen LogP contribution in [0.3, 0.4) is 0 Å². The van der Waals surface area contributed by atoms with Crippen molar-refractivity contribution in [2.24, 2.45) is 0 Å². The number of hydrogen-bond acceptors (Lipinski definition) is 4. The Balaban J connectivity index is 1.62. The molecule has 0 saturated heterocycles. The molecule has 1 atom stereocenters. The van der Waals surface area contributed by atoms with Crippen LogP contribution in [0.2, 0.25) is 5.02 Å². The molecule has 0 spiro atoms. The van der Waals surface area contributed by atoms with E-state index in [1.807, 2.05) is 19.1 Å². The largest absolute Gasteiger partial charge is 0.481 e. The van der Waals surface area contributed by atoms with Crippen molar-refractivity contribution in [2.45, 2.75) is 38.6 Å². The van der Waals surface area contributed by atoms with Gasteiger partial charge in [-0.3, -0.25) is 9.59 Å². The Labute approximate surface area is 213 Å². The maximum absolute atomic E-state index is 13.5. The second-order valence-electron chi connectivity index (χ2n) is 8.58. The summed E-state index contributed by atoms with van der Waals surface area (Å²) in [6.07, 6.45) is 1.69. The Morgan fingerprint density at radius 2 is 1.69 bits per heavy atom. The molecule has 0 radical (unpaired) electrons. The highest BCUT2D eigenvalue weighted by Gasteiger charge is 2.16. The van der Waals surface area contributed by atoms with Gasteiger partial charge in [-0.1, -0.05) is 23.7 Å². The summed E-state index contributed by atoms with van der Waals surface area (Å²) >= 11 is 5.95. The summed E-state index contributed by atoms with van der Waals surface area (Å²) in [6, 6.07) is 18.2. The van der Waals surface area contributed by atoms with E-state index in [2.05, 4.69) is 5.32 Å². The minimum absolute atomic E-state index is 0.0724. The molecule has 0 fully saturated rings. The molecule has 1 aromatic heterocycles. The van der Waals surface area contributed by atoms with Gasteiger partial charge in [-0.05, 0) is 86.3 Å². The van der Waals surface area contributed by atoms with Crippen LogP contribution in [0.1, 0.15) is 53.8 Å². The Morgan fingerprint density at radius 1 is 0.972 bits per heavy atom. The SMILES string of the molecule is C[C@H](NC(=O)c1ccc2nc(-c3ccc(F)cc3)c(CCCCC(=O)O)nc2c1)c1ccc(Cl)cc1. The molecular weight excluding hydrogens is 481 g/mol. The van der Waals surface area contributed by atoms with Gasteiger partial charge in [-0.25, -0.2) is 14.4 Å². The van der Waals surface area contributed by atoms with E-state index >= 15 is 0 Å². The number of carboxylic acids is 1. The molecule has 0 unspecified atom stereocenters. The molecule has 0 aliphatic rings. The summed E-state index contributed by atoms with van der Waals surface area (Å²) in [4.78, 5) is 33.4. The molecule has 4 rings (SSSR count). The number of fused-ring (bicyclic) bond motifs is 1. The molecule has 0 aliphatic heterocycles. The van der Waals surface area contributed by atoms with Crippen LogP contribution in [0, 0.1) is 5.82 Å². The van der Waals surface area contributed by atoms with Gasteiger partial charge in [0.1, 0.15) is 5.82 Å². The molecule has 36 heavy (non-hydrogen) atoms. The first-order valence-corrected chi connectivity index (χ1v) is 12.0. The zero-order valence-corrected chi connectivity index (χ0v) is 20.4. The van der Waals surface area contributed by atoms with Gasteiger partial charge in [0, 0.05) is 22.6 Å². The molecule has 4 aromatic rings. The molecular formula is C28H25ClFN3O3. The summed E-state index contributed by atoms with van der Waals surface area (Å²) in [7, 11) is 0. The minimum atomic E-state index is -0.846. The van der Waals surface area contributed by atoms with Crippen LogP contribution >= 0.6 is 11.6 Å². The summed E-state index contributed by atoms with van der Waals surface area (Å²) in [5.74, 6) is -1.44. The first-order chi connectivity index (χ1) is 17.3. The van der Waals surface area contributed by atoms with Crippen molar-refractivity contribution in [2.75, 3.05) is 0 Å². The number of aryl methyl sites for hydroxylation is 1. The number of nitrogens with zero attached hydrogens (tertiary/aromatic N) is 2. The van der Waals surface area contributed by atoms with Crippen LogP contribution in [0.5, 0.6) is 0 Å². The normalized spacial score (nSPS) is 11.9. The molecule has 6 nitrogen and oxygen atoms in total. The van der Waals surface area contributed by atoms with Crippen molar-refractivity contribution < 1.29 is 19.1 Å². The van der Waals surface area contributed by atoms with Gasteiger partial charge in [0.05, 0.1) is 28.5 Å². The average molecular weight is 506 g/mol. The molecule has 2 N–H and O–H groups in total. The smallest absolute Gasteiger partial charge is 0.303 e. The Morgan fingerprint density at radius 3 is 2.39 bits per heavy atom. The van der Waals surface area contributed by atoms with Gasteiger partial charge in [0.2, 0.25) is 0 Å². The third kappa shape index (κ3) is 6.23. The van der Waals surface area contributed by atoms with Crippen molar-refractivity contribution >= 4 is 34.5 Å². The molecule has 8 heteroatoms. The predicted molar refractivity (Wildman–Crippen MR) is 137 cm³/mol. The number of carboxylic acid groups (broad SMARTS) is 1. The minimum Gasteiger partial charge on any atom is -0.481 e. The van der Waals surface area contributed by atoms with Crippen molar-refractivity contribution in [3.63, 3.8) is 0 Å². The molecule has 1 amide bonds. The molecule has 0 saturated carbocycles. The Bertz CT molecular complexity index is 1390. The van der Waals surface area contributed by atoms with Crippen molar-refractivity contribution in [1.29, 1.82) is 0 Å². The third-order valence-electron chi connectivity index (χ3n) is 5.89. The average Bonchev–Trinajstić information content (AvgIpc) is 2.86. The highest BCUT2D eigenvalue weighted by atomic mass is 35.5. The fourth-order valence-electron chi connectivity index (χ4n) is 3.93. The molecule has 1 heterocycles. The Kier molecular flexibility index (Phi) is 7.90. The lowest BCUT2D eigenvalue weighted by atomic mass is 10.0. The summed E-state index contributed by atoms with van der Waals surface area (Å²) in [6.45, 7) is 1.90. The van der Waals surface area contributed by atoms with E-state index in [9.17, 15) is 14.0 Å². The van der Waals surface area contributed by atoms with Gasteiger partial charge < -0.3 is 10.4 Å². The van der Waals surface area contributed by atoms with Crippen molar-refractivity contribution in [1.82, 2.24) is 15.3 Å². The molecule has 184 valence electrons. The van der Waals surface area contributed by atoms with Crippen molar-refractivity contribution in [3.8, 4) is 11.3 Å². The van der Waals surface area contributed by atoms with E-state index in [4.69, 9.17) is 26.7 Å². The monoisotopic (exact) mass is 505 g/mol. The van der Waals surface area contributed by atoms with Crippen LogP contribution in [0.25, 0.3) is 22.3 Å². The van der Waals surface area contributed by atoms with Crippen molar-refractivity contribution in [3.05, 3.63) is 94.4 Å². The highest BCUT2D eigenvalue weighted by Crippen LogP contribution is 2.26. The maximum atomic E-state index is 13.5. The number of aromatic nitrogens is 2. The van der Waals surface area contributed by atoms with Gasteiger partial charge in [0.15, 0.2) is 0 Å². The summed E-state index contributed by atoms with van der Waals surface area (Å²) < 4.78 is 13.5. The number of nitrogens with one attached hydrogen (secondary N) is 1. The van der Waals surface area contributed by atoms with Crippen LogP contribution < -0.4 is 5.32 Å². The fourth-order valence-corrected chi connectivity index (χ4v) is 4.05. The molecule has 0 aliphatic carbocycles. The van der Waals surface area contributed by atoms with E-state index < -0.39 is 5.97 Å². The summed E-state index contributed by atoms with van der Waals surface area (Å²) in [5.41, 5.74) is 4.55. The first-order valence-electron chi connectivity index (χ1n) is 11.6. The lowest BCUT2D eigenvalue weighted by molar-refractivity contribution is -0.137. The second kappa shape index (κ2) is 11.3. The van der Waals surface area contributed by atoms with Gasteiger partial charge in [0.25, 0.3) is 5.91 Å². The standard InChI is InChI=1S/C28H25ClFN3O3/c1-17(18-6-11-21(29)12-7-18)31-28(36)20-10-15-23-25(16-20)32-24(4-2-3-5-26(34)35)27(33-23)19-8-13-22(30)14-9-19/h6-17H,2-5H2,1H3,(H,31,36)(H,34,35)/t17-/m0/s1. The number of aliphatic carboxylic acids is 1. The number of halogens is 2. The topological polar surface area (TPSA) is 92.2 Å². The number of rotatable bonds is 9. The predicted octanol–water partition coefficient (Wildman–Crippen LogP) is 6.38. The zero-order chi connectivity index (χ0) is 25.7. The third-order valence-corrected chi connectivity index (χ3v) is 6.14. The van der Waals surface area contributed by atoms with Crippen LogP contribution in [0.15, 0.2) is 66.7 Å². The van der Waals surface area contributed by atoms with Crippen LogP contribution in [-0.2, 0) is 11.2 Å². The lowest BCUT2D eigenvalue weighted by Gasteiger charge is -2.15. The number of unbranched alkanes of at least 4 members (excludes halogenated alkanes) is 1. The lowest BCUT2D eigenvalue weighted by Crippen LogP contribution is -2.26. The summed E-state index contributed by atoms with van der Waals surface area (Å²) in [5, 5.41) is 12.5. The van der Waals surface area contributed by atoms with E-state index in [-0.39, 0.29) is 24.2 Å². The number of carbonyl (C=O) groups excluding carboxylic acids is 1. The zero-order valence-electron chi connectivity index (χ0n) is 19.7. The number of benzene rings is 3. The number of amides is 1. The van der Waals surface area contributed by atoms with E-state index in [1.165, 1.54) is 12.1 Å². The Hall–Kier alpha value is -3.84. The second-order valence-corrected chi connectivity index (χ2v) is 9.01. The van der Waals surface area contributed by atoms with Gasteiger partial charge >= 0.3 is 5.97 Å². The highest BCUT2D eigenvalue weighted by molar-refractivity contribution is 6.30. The molecule has 0 bridgehead atoms. The maximum Gasteiger partial charge on any atom is 0.303 e. The van der Waals surface area contributed by atoms with E-state index in [0.29, 0.717) is 52.3 Å². The number of hydrogen-bond donors (Lipinski definition) is 2. The van der Waals surface area contributed by atoms with Gasteiger partial charge in [-0.15, -0.1) is 0 Å². The van der Waals surface area contributed by atoms with Crippen LogP contribution in [0.4, 0.5) is 4.39 Å². The first kappa shape index (κ1) is 25.3. The van der Waals surface area contributed by atoms with E-state index in [1.54, 1.807) is 42.5 Å². The molecule has 3 aromatic carbocycles. The quantitative estimate of drug-likeness (QED) is 0.257.